The van der Waals surface area contributed by atoms with Gasteiger partial charge in [0.1, 0.15) is 5.58 Å². The minimum Gasteiger partial charge on any atom is -0.466 e. The van der Waals surface area contributed by atoms with Crippen LogP contribution in [0.4, 0.5) is 0 Å². The van der Waals surface area contributed by atoms with Gasteiger partial charge in [0.15, 0.2) is 0 Å². The van der Waals surface area contributed by atoms with E-state index in [1.54, 1.807) is 13.0 Å². The first-order valence-corrected chi connectivity index (χ1v) is 10.5. The number of hydrogen-bond acceptors (Lipinski definition) is 4. The average Bonchev–Trinajstić information content (AvgIpc) is 2.62. The van der Waals surface area contributed by atoms with Gasteiger partial charge < -0.3 is 9.15 Å². The Labute approximate surface area is 177 Å². The maximum absolute atomic E-state index is 12.7. The third-order valence-electron chi connectivity index (χ3n) is 4.05. The predicted molar refractivity (Wildman–Crippen MR) is 114 cm³/mol. The molecule has 0 aliphatic heterocycles. The lowest BCUT2D eigenvalue weighted by atomic mass is 9.94. The summed E-state index contributed by atoms with van der Waals surface area (Å²) in [4.78, 5) is 24.8. The first kappa shape index (κ1) is 20.1. The third kappa shape index (κ3) is 4.28. The second-order valence-electron chi connectivity index (χ2n) is 5.81. The van der Waals surface area contributed by atoms with Crippen LogP contribution >= 0.6 is 43.5 Å². The number of carbonyl (C=O) groups excluding carboxylic acids is 1. The Morgan fingerprint density at radius 1 is 1.26 bits per heavy atom. The highest BCUT2D eigenvalue weighted by Crippen LogP contribution is 2.35. The molecule has 0 saturated heterocycles. The number of carbonyl (C=O) groups is 1. The van der Waals surface area contributed by atoms with Gasteiger partial charge in [0.25, 0.3) is 0 Å². The van der Waals surface area contributed by atoms with Crippen molar-refractivity contribution in [2.45, 2.75) is 18.7 Å². The van der Waals surface area contributed by atoms with E-state index in [0.29, 0.717) is 26.9 Å². The molecule has 0 bridgehead atoms. The first-order valence-electron chi connectivity index (χ1n) is 8.20. The number of halogens is 3. The van der Waals surface area contributed by atoms with Crippen LogP contribution in [0.3, 0.4) is 0 Å². The van der Waals surface area contributed by atoms with Gasteiger partial charge in [-0.3, -0.25) is 4.79 Å². The summed E-state index contributed by atoms with van der Waals surface area (Å²) in [6, 6.07) is 11.0. The molecule has 0 unspecified atom stereocenters. The molecule has 0 radical (unpaired) electrons. The second kappa shape index (κ2) is 8.59. The summed E-state index contributed by atoms with van der Waals surface area (Å²) in [5.41, 5.74) is 2.36. The molecule has 0 saturated carbocycles. The minimum atomic E-state index is -0.576. The van der Waals surface area contributed by atoms with Gasteiger partial charge in [-0.1, -0.05) is 55.6 Å². The van der Waals surface area contributed by atoms with Crippen molar-refractivity contribution in [3.05, 3.63) is 67.4 Å². The Bertz CT molecular complexity index is 1080. The monoisotopic (exact) mass is 512 g/mol. The van der Waals surface area contributed by atoms with Crippen molar-refractivity contribution >= 4 is 60.4 Å². The van der Waals surface area contributed by atoms with Crippen LogP contribution < -0.4 is 5.63 Å². The largest absolute Gasteiger partial charge is 0.466 e. The molecule has 3 rings (SSSR count). The SMILES string of the molecule is CCOC(=O)Cc1c(-c2cccc(Br)c2)c2cc(CBr)c(Cl)cc2oc1=O. The van der Waals surface area contributed by atoms with E-state index in [0.717, 1.165) is 15.6 Å². The molecule has 140 valence electrons. The van der Waals surface area contributed by atoms with E-state index in [1.807, 2.05) is 30.3 Å². The van der Waals surface area contributed by atoms with E-state index >= 15 is 0 Å². The Kier molecular flexibility index (Phi) is 6.40. The lowest BCUT2D eigenvalue weighted by Crippen LogP contribution is -2.17. The summed E-state index contributed by atoms with van der Waals surface area (Å²) in [7, 11) is 0. The van der Waals surface area contributed by atoms with Crippen LogP contribution in [0, 0.1) is 0 Å². The molecule has 3 aromatic rings. The molecule has 27 heavy (non-hydrogen) atoms. The molecule has 2 aromatic carbocycles. The molecular weight excluding hydrogens is 499 g/mol. The van der Waals surface area contributed by atoms with Crippen LogP contribution in [-0.4, -0.2) is 12.6 Å². The minimum absolute atomic E-state index is 0.166. The highest BCUT2D eigenvalue weighted by Gasteiger charge is 2.21. The average molecular weight is 515 g/mol. The van der Waals surface area contributed by atoms with Crippen molar-refractivity contribution in [2.24, 2.45) is 0 Å². The highest BCUT2D eigenvalue weighted by atomic mass is 79.9. The molecule has 4 nitrogen and oxygen atoms in total. The van der Waals surface area contributed by atoms with E-state index in [2.05, 4.69) is 31.9 Å². The molecule has 1 heterocycles. The predicted octanol–water partition coefficient (Wildman–Crippen LogP) is 5.88. The van der Waals surface area contributed by atoms with Gasteiger partial charge in [0.05, 0.1) is 18.6 Å². The van der Waals surface area contributed by atoms with Crippen LogP contribution in [-0.2, 0) is 21.3 Å². The van der Waals surface area contributed by atoms with E-state index in [4.69, 9.17) is 20.8 Å². The first-order chi connectivity index (χ1) is 12.9. The van der Waals surface area contributed by atoms with Crippen LogP contribution in [0.1, 0.15) is 18.1 Å². The number of alkyl halides is 1. The highest BCUT2D eigenvalue weighted by molar-refractivity contribution is 9.10. The van der Waals surface area contributed by atoms with Gasteiger partial charge in [-0.05, 0) is 36.2 Å². The van der Waals surface area contributed by atoms with Crippen LogP contribution in [0.5, 0.6) is 0 Å². The zero-order valence-electron chi connectivity index (χ0n) is 14.4. The number of fused-ring (bicyclic) bond motifs is 1. The number of esters is 1. The molecule has 0 atom stereocenters. The van der Waals surface area contributed by atoms with Gasteiger partial charge in [-0.2, -0.15) is 0 Å². The number of hydrogen-bond donors (Lipinski definition) is 0. The van der Waals surface area contributed by atoms with Crippen molar-refractivity contribution in [1.82, 2.24) is 0 Å². The van der Waals surface area contributed by atoms with Crippen LogP contribution in [0.25, 0.3) is 22.1 Å². The van der Waals surface area contributed by atoms with Crippen molar-refractivity contribution < 1.29 is 13.9 Å². The summed E-state index contributed by atoms with van der Waals surface area (Å²) < 4.78 is 11.4. The number of ether oxygens (including phenoxy) is 1. The lowest BCUT2D eigenvalue weighted by Gasteiger charge is -2.13. The Hall–Kier alpha value is -1.63. The normalized spacial score (nSPS) is 11.0. The maximum atomic E-state index is 12.7. The Morgan fingerprint density at radius 2 is 2.04 bits per heavy atom. The van der Waals surface area contributed by atoms with E-state index in [9.17, 15) is 9.59 Å². The number of rotatable bonds is 5. The van der Waals surface area contributed by atoms with Crippen LogP contribution in [0.2, 0.25) is 5.02 Å². The van der Waals surface area contributed by atoms with E-state index < -0.39 is 11.6 Å². The molecular formula is C20H15Br2ClO4. The molecule has 0 N–H and O–H groups in total. The molecule has 0 fully saturated rings. The van der Waals surface area contributed by atoms with E-state index in [1.165, 1.54) is 0 Å². The van der Waals surface area contributed by atoms with Gasteiger partial charge in [-0.15, -0.1) is 0 Å². The van der Waals surface area contributed by atoms with Gasteiger partial charge >= 0.3 is 11.6 Å². The smallest absolute Gasteiger partial charge is 0.340 e. The summed E-state index contributed by atoms with van der Waals surface area (Å²) in [6.45, 7) is 1.97. The Morgan fingerprint density at radius 3 is 2.70 bits per heavy atom. The summed E-state index contributed by atoms with van der Waals surface area (Å²) in [5.74, 6) is -0.477. The van der Waals surface area contributed by atoms with Crippen molar-refractivity contribution in [3.63, 3.8) is 0 Å². The molecule has 0 aliphatic carbocycles. The quantitative estimate of drug-likeness (QED) is 0.243. The summed E-state index contributed by atoms with van der Waals surface area (Å²) >= 11 is 13.2. The molecule has 0 spiro atoms. The van der Waals surface area contributed by atoms with Gasteiger partial charge in [0, 0.05) is 31.8 Å². The number of benzene rings is 2. The standard InChI is InChI=1S/C20H15Br2ClO4/c1-2-26-18(24)8-15-19(11-4-3-5-13(22)6-11)14-7-12(10-21)16(23)9-17(14)27-20(15)25/h3-7,9H,2,8,10H2,1H3. The Balaban J connectivity index is 2.37. The zero-order chi connectivity index (χ0) is 19.6. The zero-order valence-corrected chi connectivity index (χ0v) is 18.3. The fourth-order valence-electron chi connectivity index (χ4n) is 2.90. The van der Waals surface area contributed by atoms with Crippen molar-refractivity contribution in [2.75, 3.05) is 6.61 Å². The van der Waals surface area contributed by atoms with Crippen LogP contribution in [0.15, 0.2) is 50.1 Å². The molecule has 1 aromatic heterocycles. The molecule has 0 amide bonds. The lowest BCUT2D eigenvalue weighted by molar-refractivity contribution is -0.142. The van der Waals surface area contributed by atoms with Crippen molar-refractivity contribution in [3.8, 4) is 11.1 Å². The molecule has 0 aliphatic rings. The fraction of sp³-hybridized carbons (Fsp3) is 0.200. The van der Waals surface area contributed by atoms with E-state index in [-0.39, 0.29) is 18.6 Å². The summed E-state index contributed by atoms with van der Waals surface area (Å²) in [5, 5.41) is 1.76. The second-order valence-corrected chi connectivity index (χ2v) is 7.69. The van der Waals surface area contributed by atoms with Gasteiger partial charge in [0.2, 0.25) is 0 Å². The molecule has 7 heteroatoms. The van der Waals surface area contributed by atoms with Crippen molar-refractivity contribution in [1.29, 1.82) is 0 Å². The van der Waals surface area contributed by atoms with Gasteiger partial charge in [-0.25, -0.2) is 4.79 Å². The fourth-order valence-corrected chi connectivity index (χ4v) is 4.14. The summed E-state index contributed by atoms with van der Waals surface area (Å²) in [6.07, 6.45) is -0.166. The third-order valence-corrected chi connectivity index (χ3v) is 5.50. The topological polar surface area (TPSA) is 56.5 Å². The maximum Gasteiger partial charge on any atom is 0.340 e.